The lowest BCUT2D eigenvalue weighted by Gasteiger charge is -2.13. The number of carboxylic acids is 1. The number of aromatic carboxylic acids is 1. The molecule has 7 nitrogen and oxygen atoms in total. The van der Waals surface area contributed by atoms with Crippen LogP contribution >= 0.6 is 24.0 Å². The maximum absolute atomic E-state index is 13.0. The molecule has 3 aromatic rings. The monoisotopic (exact) mass is 538 g/mol. The highest BCUT2D eigenvalue weighted by Crippen LogP contribution is 2.26. The second-order valence-electron chi connectivity index (χ2n) is 7.72. The lowest BCUT2D eigenvalue weighted by Crippen LogP contribution is -2.23. The summed E-state index contributed by atoms with van der Waals surface area (Å²) in [6.45, 7) is 3.30. The molecule has 0 aliphatic rings. The number of benzene rings is 3. The molecule has 0 unspecified atom stereocenters. The van der Waals surface area contributed by atoms with Crippen LogP contribution in [0.15, 0.2) is 76.5 Å². The van der Waals surface area contributed by atoms with Gasteiger partial charge in [-0.05, 0) is 73.5 Å². The van der Waals surface area contributed by atoms with Gasteiger partial charge in [-0.25, -0.2) is 13.2 Å². The number of halogens is 2. The van der Waals surface area contributed by atoms with E-state index in [0.717, 1.165) is 11.1 Å². The summed E-state index contributed by atoms with van der Waals surface area (Å²) in [5, 5.41) is 26.4. The largest absolute Gasteiger partial charge is 0.478 e. The molecule has 0 fully saturated rings. The molecule has 0 radical (unpaired) electrons. The van der Waals surface area contributed by atoms with Gasteiger partial charge in [-0.3, -0.25) is 0 Å². The van der Waals surface area contributed by atoms with Crippen molar-refractivity contribution in [2.24, 2.45) is 0 Å². The van der Waals surface area contributed by atoms with Crippen molar-refractivity contribution >= 4 is 45.5 Å². The Hall–Kier alpha value is -2.62. The fourth-order valence-electron chi connectivity index (χ4n) is 3.49. The lowest BCUT2D eigenvalue weighted by molar-refractivity contribution is 0.0697. The van der Waals surface area contributed by atoms with E-state index < -0.39 is 21.9 Å². The first kappa shape index (κ1) is 28.6. The lowest BCUT2D eigenvalue weighted by atomic mass is 10.1. The molecule has 35 heavy (non-hydrogen) atoms. The molecule has 0 saturated carbocycles. The zero-order chi connectivity index (χ0) is 24.7. The average molecular weight is 539 g/mol. The minimum atomic E-state index is -3.86. The molecular weight excluding hydrogens is 511 g/mol. The van der Waals surface area contributed by atoms with Crippen LogP contribution in [0.2, 0.25) is 5.02 Å². The summed E-state index contributed by atoms with van der Waals surface area (Å²) >= 11 is 5.95. The van der Waals surface area contributed by atoms with Crippen LogP contribution in [0.5, 0.6) is 0 Å². The highest BCUT2D eigenvalue weighted by molar-refractivity contribution is 7.91. The summed E-state index contributed by atoms with van der Waals surface area (Å²) in [5.41, 5.74) is 1.94. The van der Waals surface area contributed by atoms with Crippen LogP contribution in [0, 0.1) is 0 Å². The quantitative estimate of drug-likeness (QED) is 0.264. The van der Waals surface area contributed by atoms with E-state index in [0.29, 0.717) is 36.8 Å². The molecule has 0 spiro atoms. The number of hydrogen-bond donors (Lipinski definition) is 4. The van der Waals surface area contributed by atoms with Crippen molar-refractivity contribution in [2.75, 3.05) is 25.0 Å². The van der Waals surface area contributed by atoms with Gasteiger partial charge >= 0.3 is 5.97 Å². The molecule has 3 rings (SSSR count). The van der Waals surface area contributed by atoms with Crippen LogP contribution in [0.1, 0.15) is 34.5 Å². The molecule has 3 aromatic carbocycles. The van der Waals surface area contributed by atoms with Gasteiger partial charge in [0.15, 0.2) is 0 Å². The van der Waals surface area contributed by atoms with E-state index >= 15 is 0 Å². The first-order chi connectivity index (χ1) is 16.2. The maximum Gasteiger partial charge on any atom is 0.337 e. The van der Waals surface area contributed by atoms with Crippen molar-refractivity contribution in [3.63, 3.8) is 0 Å². The molecule has 0 heterocycles. The van der Waals surface area contributed by atoms with Crippen molar-refractivity contribution in [3.8, 4) is 0 Å². The van der Waals surface area contributed by atoms with Gasteiger partial charge in [0.2, 0.25) is 9.84 Å². The summed E-state index contributed by atoms with van der Waals surface area (Å²) in [6, 6.07) is 17.6. The number of rotatable bonds is 11. The number of nitrogens with one attached hydrogen (secondary N) is 2. The number of carboxylic acid groups (broad SMARTS) is 1. The Kier molecular flexibility index (Phi) is 10.5. The third-order valence-electron chi connectivity index (χ3n) is 5.29. The maximum atomic E-state index is 13.0. The van der Waals surface area contributed by atoms with E-state index in [9.17, 15) is 23.4 Å². The number of anilines is 1. The summed E-state index contributed by atoms with van der Waals surface area (Å²) in [4.78, 5) is 11.6. The highest BCUT2D eigenvalue weighted by atomic mass is 35.5. The smallest absolute Gasteiger partial charge is 0.337 e. The van der Waals surface area contributed by atoms with Crippen LogP contribution < -0.4 is 10.6 Å². The standard InChI is InChI=1S/C25H27ClN2O5S.ClH/c1-2-28-23-11-10-21(15-22(23)25(30)31)34(32,33)20-8-6-17(7-9-20)12-13-27-16-24(29)18-4-3-5-19(26)14-18;/h3-11,14-15,24,27-29H,2,12-13,16H2,1H3,(H,30,31);1H/t24-;/m0./s1. The molecule has 10 heteroatoms. The third-order valence-corrected chi connectivity index (χ3v) is 7.30. The molecule has 0 aromatic heterocycles. The summed E-state index contributed by atoms with van der Waals surface area (Å²) < 4.78 is 26.0. The predicted molar refractivity (Wildman–Crippen MR) is 140 cm³/mol. The summed E-state index contributed by atoms with van der Waals surface area (Å²) in [6.07, 6.45) is -0.0378. The molecule has 0 aliphatic carbocycles. The Balaban J connectivity index is 0.00000432. The zero-order valence-corrected chi connectivity index (χ0v) is 21.5. The Morgan fingerprint density at radius 2 is 1.71 bits per heavy atom. The van der Waals surface area contributed by atoms with E-state index in [1.54, 1.807) is 30.3 Å². The normalized spacial score (nSPS) is 12.0. The first-order valence-electron chi connectivity index (χ1n) is 10.8. The van der Waals surface area contributed by atoms with Crippen molar-refractivity contribution in [1.29, 1.82) is 0 Å². The minimum Gasteiger partial charge on any atom is -0.478 e. The Labute approximate surface area is 216 Å². The molecule has 0 saturated heterocycles. The minimum absolute atomic E-state index is 0. The zero-order valence-electron chi connectivity index (χ0n) is 19.1. The van der Waals surface area contributed by atoms with E-state index in [1.807, 2.05) is 13.0 Å². The van der Waals surface area contributed by atoms with Crippen molar-refractivity contribution in [1.82, 2.24) is 5.32 Å². The van der Waals surface area contributed by atoms with Gasteiger partial charge in [-0.15, -0.1) is 12.4 Å². The van der Waals surface area contributed by atoms with Gasteiger partial charge in [0.1, 0.15) is 0 Å². The van der Waals surface area contributed by atoms with Gasteiger partial charge < -0.3 is 20.8 Å². The van der Waals surface area contributed by atoms with Gasteiger partial charge in [0, 0.05) is 23.8 Å². The van der Waals surface area contributed by atoms with Crippen LogP contribution in [0.25, 0.3) is 0 Å². The average Bonchev–Trinajstić information content (AvgIpc) is 2.82. The topological polar surface area (TPSA) is 116 Å². The summed E-state index contributed by atoms with van der Waals surface area (Å²) in [5.74, 6) is -1.20. The molecule has 1 atom stereocenters. The molecule has 0 bridgehead atoms. The first-order valence-corrected chi connectivity index (χ1v) is 12.7. The summed E-state index contributed by atoms with van der Waals surface area (Å²) in [7, 11) is -3.86. The van der Waals surface area contributed by atoms with E-state index in [4.69, 9.17) is 11.6 Å². The molecule has 0 aliphatic heterocycles. The van der Waals surface area contributed by atoms with Crippen LogP contribution in [-0.4, -0.2) is 44.2 Å². The number of hydrogen-bond acceptors (Lipinski definition) is 6. The van der Waals surface area contributed by atoms with Crippen molar-refractivity contribution < 1.29 is 23.4 Å². The molecular formula is C25H28Cl2N2O5S. The number of sulfone groups is 1. The van der Waals surface area contributed by atoms with E-state index in [2.05, 4.69) is 10.6 Å². The third kappa shape index (κ3) is 7.43. The number of aliphatic hydroxyl groups excluding tert-OH is 1. The SMILES string of the molecule is CCNc1ccc(S(=O)(=O)c2ccc(CCNC[C@H](O)c3cccc(Cl)c3)cc2)cc1C(=O)O.Cl. The predicted octanol–water partition coefficient (Wildman–Crippen LogP) is 4.59. The second kappa shape index (κ2) is 12.9. The number of carbonyl (C=O) groups is 1. The van der Waals surface area contributed by atoms with Crippen molar-refractivity contribution in [3.05, 3.63) is 88.4 Å². The van der Waals surface area contributed by atoms with Gasteiger partial charge in [-0.1, -0.05) is 35.9 Å². The van der Waals surface area contributed by atoms with E-state index in [-0.39, 0.29) is 27.8 Å². The highest BCUT2D eigenvalue weighted by Gasteiger charge is 2.21. The fourth-order valence-corrected chi connectivity index (χ4v) is 4.97. The van der Waals surface area contributed by atoms with Gasteiger partial charge in [0.25, 0.3) is 0 Å². The Morgan fingerprint density at radius 3 is 2.34 bits per heavy atom. The molecule has 188 valence electrons. The van der Waals surface area contributed by atoms with Gasteiger partial charge in [-0.2, -0.15) is 0 Å². The van der Waals surface area contributed by atoms with Gasteiger partial charge in [0.05, 0.1) is 21.5 Å². The van der Waals surface area contributed by atoms with Crippen LogP contribution in [-0.2, 0) is 16.3 Å². The second-order valence-corrected chi connectivity index (χ2v) is 10.1. The Bertz CT molecular complexity index is 1250. The van der Waals surface area contributed by atoms with E-state index in [1.165, 1.54) is 30.3 Å². The Morgan fingerprint density at radius 1 is 1.03 bits per heavy atom. The number of aliphatic hydroxyl groups is 1. The molecule has 4 N–H and O–H groups in total. The van der Waals surface area contributed by atoms with Crippen LogP contribution in [0.3, 0.4) is 0 Å². The van der Waals surface area contributed by atoms with Crippen molar-refractivity contribution in [2.45, 2.75) is 29.2 Å². The molecule has 0 amide bonds. The fraction of sp³-hybridized carbons (Fsp3) is 0.240. The van der Waals surface area contributed by atoms with Crippen LogP contribution in [0.4, 0.5) is 5.69 Å².